The van der Waals surface area contributed by atoms with E-state index in [0.717, 1.165) is 25.1 Å². The Balaban J connectivity index is 1.71. The van der Waals surface area contributed by atoms with Crippen LogP contribution in [0.15, 0.2) is 18.3 Å². The van der Waals surface area contributed by atoms with Gasteiger partial charge in [-0.1, -0.05) is 30.9 Å². The minimum atomic E-state index is -0.00466. The van der Waals surface area contributed by atoms with Crippen LogP contribution in [0.2, 0.25) is 5.02 Å². The van der Waals surface area contributed by atoms with Gasteiger partial charge in [0.25, 0.3) is 0 Å². The van der Waals surface area contributed by atoms with Crippen LogP contribution >= 0.6 is 11.6 Å². The van der Waals surface area contributed by atoms with E-state index in [1.54, 1.807) is 6.20 Å². The Kier molecular flexibility index (Phi) is 4.29. The molecule has 2 atom stereocenters. The van der Waals surface area contributed by atoms with Crippen LogP contribution in [-0.2, 0) is 4.74 Å². The van der Waals surface area contributed by atoms with Crippen molar-refractivity contribution >= 4 is 11.6 Å². The number of hydrogen-bond donors (Lipinski definition) is 1. The Morgan fingerprint density at radius 3 is 2.80 bits per heavy atom. The van der Waals surface area contributed by atoms with E-state index in [1.807, 2.05) is 12.1 Å². The normalized spacial score (nSPS) is 27.4. The number of pyridine rings is 1. The van der Waals surface area contributed by atoms with Gasteiger partial charge in [-0.3, -0.25) is 4.98 Å². The van der Waals surface area contributed by atoms with E-state index in [0.29, 0.717) is 10.9 Å². The second-order valence-electron chi connectivity index (χ2n) is 6.27. The zero-order valence-corrected chi connectivity index (χ0v) is 12.6. The van der Waals surface area contributed by atoms with Crippen molar-refractivity contribution in [1.82, 2.24) is 4.98 Å². The van der Waals surface area contributed by atoms with Crippen molar-refractivity contribution in [2.75, 3.05) is 6.61 Å². The van der Waals surface area contributed by atoms with Crippen LogP contribution in [0.1, 0.15) is 56.7 Å². The third kappa shape index (κ3) is 3.00. The van der Waals surface area contributed by atoms with Crippen LogP contribution in [0.25, 0.3) is 0 Å². The van der Waals surface area contributed by atoms with Gasteiger partial charge in [0.2, 0.25) is 0 Å². The van der Waals surface area contributed by atoms with Gasteiger partial charge in [-0.05, 0) is 43.7 Å². The Bertz CT molecular complexity index is 437. The van der Waals surface area contributed by atoms with Crippen molar-refractivity contribution in [2.45, 2.75) is 56.6 Å². The molecular weight excluding hydrogens is 272 g/mol. The minimum absolute atomic E-state index is 0.00466. The van der Waals surface area contributed by atoms with Gasteiger partial charge in [0, 0.05) is 12.8 Å². The highest BCUT2D eigenvalue weighted by atomic mass is 35.5. The van der Waals surface area contributed by atoms with E-state index in [9.17, 15) is 0 Å². The second kappa shape index (κ2) is 6.00. The summed E-state index contributed by atoms with van der Waals surface area (Å²) >= 11 is 5.90. The van der Waals surface area contributed by atoms with Gasteiger partial charge in [-0.15, -0.1) is 0 Å². The summed E-state index contributed by atoms with van der Waals surface area (Å²) in [5.74, 6) is 0.468. The molecule has 1 spiro atoms. The SMILES string of the molecule is NC(c1ccc(Cl)cn1)C1CCOC2(CCCCC2)C1. The first-order chi connectivity index (χ1) is 9.69. The Labute approximate surface area is 125 Å². The lowest BCUT2D eigenvalue weighted by Gasteiger charge is -2.44. The first-order valence-electron chi connectivity index (χ1n) is 7.70. The molecule has 1 saturated carbocycles. The summed E-state index contributed by atoms with van der Waals surface area (Å²) in [6.07, 6.45) is 10.1. The summed E-state index contributed by atoms with van der Waals surface area (Å²) in [5, 5.41) is 0.664. The van der Waals surface area contributed by atoms with Crippen molar-refractivity contribution in [3.63, 3.8) is 0 Å². The number of hydrogen-bond acceptors (Lipinski definition) is 3. The van der Waals surface area contributed by atoms with Gasteiger partial charge in [0.1, 0.15) is 0 Å². The lowest BCUT2D eigenvalue weighted by molar-refractivity contribution is -0.120. The molecule has 1 aliphatic carbocycles. The van der Waals surface area contributed by atoms with Crippen molar-refractivity contribution < 1.29 is 4.74 Å². The first-order valence-corrected chi connectivity index (χ1v) is 8.07. The zero-order chi connectivity index (χ0) is 14.0. The second-order valence-corrected chi connectivity index (χ2v) is 6.71. The summed E-state index contributed by atoms with van der Waals surface area (Å²) in [6.45, 7) is 0.839. The van der Waals surface area contributed by atoms with E-state index in [1.165, 1.54) is 32.1 Å². The predicted molar refractivity (Wildman–Crippen MR) is 80.7 cm³/mol. The van der Waals surface area contributed by atoms with E-state index < -0.39 is 0 Å². The molecule has 110 valence electrons. The van der Waals surface area contributed by atoms with Crippen molar-refractivity contribution in [1.29, 1.82) is 0 Å². The topological polar surface area (TPSA) is 48.1 Å². The van der Waals surface area contributed by atoms with Crippen LogP contribution in [0.4, 0.5) is 0 Å². The molecule has 0 radical (unpaired) electrons. The summed E-state index contributed by atoms with van der Waals surface area (Å²) in [4.78, 5) is 4.39. The highest BCUT2D eigenvalue weighted by Crippen LogP contribution is 2.43. The average molecular weight is 295 g/mol. The summed E-state index contributed by atoms with van der Waals surface area (Å²) in [7, 11) is 0. The molecule has 20 heavy (non-hydrogen) atoms. The Hall–Kier alpha value is -0.640. The summed E-state index contributed by atoms with van der Waals surface area (Å²) in [6, 6.07) is 3.82. The molecule has 2 N–H and O–H groups in total. The molecule has 4 heteroatoms. The maximum Gasteiger partial charge on any atom is 0.0686 e. The third-order valence-corrected chi connectivity index (χ3v) is 5.12. The van der Waals surface area contributed by atoms with Gasteiger partial charge in [0.05, 0.1) is 22.4 Å². The standard InChI is InChI=1S/C16H23ClN2O/c17-13-4-5-14(19-11-13)15(18)12-6-9-20-16(10-12)7-2-1-3-8-16/h4-5,11-12,15H,1-3,6-10,18H2. The molecule has 2 aliphatic rings. The Morgan fingerprint density at radius 2 is 2.10 bits per heavy atom. The highest BCUT2D eigenvalue weighted by Gasteiger charge is 2.40. The molecule has 1 saturated heterocycles. The average Bonchev–Trinajstić information content (AvgIpc) is 2.48. The van der Waals surface area contributed by atoms with Gasteiger partial charge < -0.3 is 10.5 Å². The highest BCUT2D eigenvalue weighted by molar-refractivity contribution is 6.30. The molecule has 0 aromatic carbocycles. The lowest BCUT2D eigenvalue weighted by Crippen LogP contribution is -2.44. The molecule has 1 aliphatic heterocycles. The molecular formula is C16H23ClN2O. The predicted octanol–water partition coefficient (Wildman–Crippen LogP) is 3.86. The molecule has 3 nitrogen and oxygen atoms in total. The van der Waals surface area contributed by atoms with E-state index >= 15 is 0 Å². The van der Waals surface area contributed by atoms with Crippen LogP contribution in [-0.4, -0.2) is 17.2 Å². The van der Waals surface area contributed by atoms with Crippen LogP contribution in [0.3, 0.4) is 0 Å². The molecule has 1 aromatic heterocycles. The number of halogens is 1. The van der Waals surface area contributed by atoms with Crippen molar-refractivity contribution in [2.24, 2.45) is 11.7 Å². The van der Waals surface area contributed by atoms with Crippen molar-refractivity contribution in [3.8, 4) is 0 Å². The first kappa shape index (κ1) is 14.3. The number of nitrogens with zero attached hydrogens (tertiary/aromatic N) is 1. The molecule has 2 unspecified atom stereocenters. The molecule has 2 fully saturated rings. The van der Waals surface area contributed by atoms with E-state index in [-0.39, 0.29) is 11.6 Å². The van der Waals surface area contributed by atoms with Crippen LogP contribution < -0.4 is 5.73 Å². The molecule has 0 bridgehead atoms. The fourth-order valence-electron chi connectivity index (χ4n) is 3.74. The van der Waals surface area contributed by atoms with Gasteiger partial charge in [-0.2, -0.15) is 0 Å². The molecule has 2 heterocycles. The number of rotatable bonds is 2. The van der Waals surface area contributed by atoms with Crippen LogP contribution in [0.5, 0.6) is 0 Å². The van der Waals surface area contributed by atoms with E-state index in [2.05, 4.69) is 4.98 Å². The molecule has 1 aromatic rings. The quantitative estimate of drug-likeness (QED) is 0.901. The zero-order valence-electron chi connectivity index (χ0n) is 11.9. The van der Waals surface area contributed by atoms with Gasteiger partial charge in [-0.25, -0.2) is 0 Å². The lowest BCUT2D eigenvalue weighted by atomic mass is 9.74. The minimum Gasteiger partial charge on any atom is -0.375 e. The molecule has 3 rings (SSSR count). The Morgan fingerprint density at radius 1 is 1.30 bits per heavy atom. The number of ether oxygens (including phenoxy) is 1. The molecule has 0 amide bonds. The van der Waals surface area contributed by atoms with Crippen LogP contribution in [0, 0.1) is 5.92 Å². The van der Waals surface area contributed by atoms with Gasteiger partial charge >= 0.3 is 0 Å². The summed E-state index contributed by atoms with van der Waals surface area (Å²) < 4.78 is 6.14. The maximum atomic E-state index is 6.45. The van der Waals surface area contributed by atoms with E-state index in [4.69, 9.17) is 22.1 Å². The monoisotopic (exact) mass is 294 g/mol. The third-order valence-electron chi connectivity index (χ3n) is 4.90. The fourth-order valence-corrected chi connectivity index (χ4v) is 3.85. The van der Waals surface area contributed by atoms with Gasteiger partial charge in [0.15, 0.2) is 0 Å². The van der Waals surface area contributed by atoms with Crippen molar-refractivity contribution in [3.05, 3.63) is 29.0 Å². The maximum absolute atomic E-state index is 6.45. The largest absolute Gasteiger partial charge is 0.375 e. The number of nitrogens with two attached hydrogens (primary N) is 1. The number of aromatic nitrogens is 1. The smallest absolute Gasteiger partial charge is 0.0686 e. The fraction of sp³-hybridized carbons (Fsp3) is 0.688. The summed E-state index contributed by atoms with van der Waals surface area (Å²) in [5.41, 5.74) is 7.50.